The molecule has 1 heterocycles. The summed E-state index contributed by atoms with van der Waals surface area (Å²) in [5.41, 5.74) is 0.788. The molecule has 3 fully saturated rings. The lowest BCUT2D eigenvalue weighted by molar-refractivity contribution is 0.0705. The molecule has 1 N–H and O–H groups in total. The molecule has 2 aliphatic carbocycles. The van der Waals surface area contributed by atoms with Crippen LogP contribution >= 0.6 is 0 Å². The van der Waals surface area contributed by atoms with E-state index in [1.807, 2.05) is 27.7 Å². The average molecular weight is 253 g/mol. The highest BCUT2D eigenvalue weighted by atomic mass is 14.9. The van der Waals surface area contributed by atoms with E-state index >= 15 is 0 Å². The summed E-state index contributed by atoms with van der Waals surface area (Å²) in [5, 5.41) is 3.52. The van der Waals surface area contributed by atoms with E-state index in [9.17, 15) is 0 Å². The van der Waals surface area contributed by atoms with Gasteiger partial charge in [-0.15, -0.1) is 0 Å². The second-order valence-corrected chi connectivity index (χ2v) is 5.94. The molecule has 18 heavy (non-hydrogen) atoms. The molecule has 2 atom stereocenters. The maximum Gasteiger partial charge on any atom is -0.00436 e. The van der Waals surface area contributed by atoms with Gasteiger partial charge in [-0.1, -0.05) is 47.0 Å². The van der Waals surface area contributed by atoms with Crippen LogP contribution in [-0.2, 0) is 0 Å². The van der Waals surface area contributed by atoms with Crippen LogP contribution in [-0.4, -0.2) is 13.1 Å². The Morgan fingerprint density at radius 3 is 2.06 bits per heavy atom. The van der Waals surface area contributed by atoms with Crippen LogP contribution in [0, 0.1) is 17.3 Å². The van der Waals surface area contributed by atoms with Crippen molar-refractivity contribution >= 4 is 0 Å². The standard InChI is InChI=1S/C13H23N.2C2H6/c1-2-11-4-5-13(10-12(11)3-1)6-8-14-9-7-13;2*1-2/h11-12,14H,1-10H2;2*1-2H3. The number of nitrogens with one attached hydrogen (secondary N) is 1. The normalized spacial score (nSPS) is 32.7. The van der Waals surface area contributed by atoms with E-state index in [1.165, 1.54) is 32.4 Å². The van der Waals surface area contributed by atoms with E-state index < -0.39 is 0 Å². The van der Waals surface area contributed by atoms with Crippen molar-refractivity contribution in [1.29, 1.82) is 0 Å². The summed E-state index contributed by atoms with van der Waals surface area (Å²) in [4.78, 5) is 0. The molecule has 1 nitrogen and oxygen atoms in total. The molecule has 0 aromatic rings. The first kappa shape index (κ1) is 16.0. The lowest BCUT2D eigenvalue weighted by atomic mass is 9.62. The molecule has 0 amide bonds. The fraction of sp³-hybridized carbons (Fsp3) is 1.00. The zero-order valence-corrected chi connectivity index (χ0v) is 13.2. The maximum atomic E-state index is 3.52. The molecule has 2 saturated carbocycles. The SMILES string of the molecule is C1CC2CCC3(CCNCC3)CC2C1.CC.CC. The van der Waals surface area contributed by atoms with Crippen LogP contribution in [0.2, 0.25) is 0 Å². The Kier molecular flexibility index (Phi) is 7.29. The number of hydrogen-bond acceptors (Lipinski definition) is 1. The minimum atomic E-state index is 0.788. The van der Waals surface area contributed by atoms with Crippen LogP contribution in [0.3, 0.4) is 0 Å². The van der Waals surface area contributed by atoms with Gasteiger partial charge in [0.1, 0.15) is 0 Å². The Hall–Kier alpha value is -0.0400. The first-order chi connectivity index (χ1) is 8.88. The molecule has 1 spiro atoms. The number of rotatable bonds is 0. The Morgan fingerprint density at radius 1 is 0.778 bits per heavy atom. The van der Waals surface area contributed by atoms with E-state index in [-0.39, 0.29) is 0 Å². The van der Waals surface area contributed by atoms with E-state index in [0.29, 0.717) is 0 Å². The van der Waals surface area contributed by atoms with Crippen molar-refractivity contribution in [2.75, 3.05) is 13.1 Å². The molecular formula is C17H35N. The predicted octanol–water partition coefficient (Wildman–Crippen LogP) is 5.01. The number of hydrogen-bond donors (Lipinski definition) is 1. The molecule has 0 aromatic heterocycles. The molecule has 0 bridgehead atoms. The number of fused-ring (bicyclic) bond motifs is 1. The molecular weight excluding hydrogens is 218 g/mol. The van der Waals surface area contributed by atoms with Gasteiger partial charge in [-0.3, -0.25) is 0 Å². The highest BCUT2D eigenvalue weighted by molar-refractivity contribution is 4.94. The van der Waals surface area contributed by atoms with E-state index in [0.717, 1.165) is 17.3 Å². The monoisotopic (exact) mass is 253 g/mol. The van der Waals surface area contributed by atoms with Crippen LogP contribution in [0.4, 0.5) is 0 Å². The van der Waals surface area contributed by atoms with E-state index in [1.54, 1.807) is 32.1 Å². The summed E-state index contributed by atoms with van der Waals surface area (Å²) in [5.74, 6) is 2.26. The summed E-state index contributed by atoms with van der Waals surface area (Å²) >= 11 is 0. The third-order valence-electron chi connectivity index (χ3n) is 5.22. The van der Waals surface area contributed by atoms with Crippen molar-refractivity contribution in [2.45, 2.75) is 79.1 Å². The Labute approximate surface area is 115 Å². The quantitative estimate of drug-likeness (QED) is 0.640. The largest absolute Gasteiger partial charge is 0.317 e. The van der Waals surface area contributed by atoms with Crippen molar-refractivity contribution in [3.8, 4) is 0 Å². The van der Waals surface area contributed by atoms with Gasteiger partial charge in [0.25, 0.3) is 0 Å². The van der Waals surface area contributed by atoms with Crippen molar-refractivity contribution in [3.63, 3.8) is 0 Å². The van der Waals surface area contributed by atoms with E-state index in [2.05, 4.69) is 5.32 Å². The van der Waals surface area contributed by atoms with Gasteiger partial charge in [0.2, 0.25) is 0 Å². The minimum Gasteiger partial charge on any atom is -0.317 e. The summed E-state index contributed by atoms with van der Waals surface area (Å²) in [6.07, 6.45) is 12.3. The second-order valence-electron chi connectivity index (χ2n) is 5.94. The fourth-order valence-corrected chi connectivity index (χ4v) is 4.32. The fourth-order valence-electron chi connectivity index (χ4n) is 4.32. The smallest absolute Gasteiger partial charge is 0.00436 e. The van der Waals surface area contributed by atoms with Gasteiger partial charge in [-0.05, 0) is 62.4 Å². The minimum absolute atomic E-state index is 0.788. The first-order valence-corrected chi connectivity index (χ1v) is 8.59. The highest BCUT2D eigenvalue weighted by Gasteiger charge is 2.42. The first-order valence-electron chi connectivity index (χ1n) is 8.59. The third-order valence-corrected chi connectivity index (χ3v) is 5.22. The van der Waals surface area contributed by atoms with Crippen LogP contribution < -0.4 is 5.32 Å². The molecule has 3 aliphatic rings. The topological polar surface area (TPSA) is 12.0 Å². The third kappa shape index (κ3) is 3.73. The van der Waals surface area contributed by atoms with Crippen LogP contribution in [0.25, 0.3) is 0 Å². The zero-order chi connectivity index (χ0) is 13.4. The van der Waals surface area contributed by atoms with Gasteiger partial charge < -0.3 is 5.32 Å². The molecule has 0 radical (unpaired) electrons. The van der Waals surface area contributed by atoms with Crippen molar-refractivity contribution in [1.82, 2.24) is 5.32 Å². The van der Waals surface area contributed by atoms with Gasteiger partial charge in [-0.2, -0.15) is 0 Å². The van der Waals surface area contributed by atoms with Crippen molar-refractivity contribution in [2.24, 2.45) is 17.3 Å². The molecule has 1 aliphatic heterocycles. The van der Waals surface area contributed by atoms with Gasteiger partial charge in [-0.25, -0.2) is 0 Å². The summed E-state index contributed by atoms with van der Waals surface area (Å²) in [7, 11) is 0. The second kappa shape index (κ2) is 8.19. The van der Waals surface area contributed by atoms with Crippen LogP contribution in [0.15, 0.2) is 0 Å². The van der Waals surface area contributed by atoms with E-state index in [4.69, 9.17) is 0 Å². The lowest BCUT2D eigenvalue weighted by Gasteiger charge is -2.45. The van der Waals surface area contributed by atoms with Crippen LogP contribution in [0.5, 0.6) is 0 Å². The Morgan fingerprint density at radius 2 is 1.39 bits per heavy atom. The zero-order valence-electron chi connectivity index (χ0n) is 13.2. The van der Waals surface area contributed by atoms with Crippen molar-refractivity contribution < 1.29 is 0 Å². The van der Waals surface area contributed by atoms with Gasteiger partial charge in [0, 0.05) is 0 Å². The van der Waals surface area contributed by atoms with Crippen molar-refractivity contribution in [3.05, 3.63) is 0 Å². The summed E-state index contributed by atoms with van der Waals surface area (Å²) < 4.78 is 0. The molecule has 2 unspecified atom stereocenters. The molecule has 1 heteroatoms. The maximum absolute atomic E-state index is 3.52. The molecule has 3 rings (SSSR count). The predicted molar refractivity (Wildman–Crippen MR) is 81.9 cm³/mol. The van der Waals surface area contributed by atoms with Crippen LogP contribution in [0.1, 0.15) is 79.1 Å². The molecule has 0 aromatic carbocycles. The Bertz CT molecular complexity index is 206. The van der Waals surface area contributed by atoms with Gasteiger partial charge in [0.15, 0.2) is 0 Å². The summed E-state index contributed by atoms with van der Waals surface area (Å²) in [6, 6.07) is 0. The van der Waals surface area contributed by atoms with Gasteiger partial charge in [0.05, 0.1) is 0 Å². The lowest BCUT2D eigenvalue weighted by Crippen LogP contribution is -2.41. The molecule has 1 saturated heterocycles. The average Bonchev–Trinajstić information content (AvgIpc) is 2.91. The highest BCUT2D eigenvalue weighted by Crippen LogP contribution is 2.52. The summed E-state index contributed by atoms with van der Waals surface area (Å²) in [6.45, 7) is 10.6. The Balaban J connectivity index is 0.000000371. The number of piperidine rings is 1. The van der Waals surface area contributed by atoms with Gasteiger partial charge >= 0.3 is 0 Å². The molecule has 108 valence electrons.